The molecule has 4 rings (SSSR count). The second kappa shape index (κ2) is 12.2. The van der Waals surface area contributed by atoms with E-state index in [9.17, 15) is 4.79 Å². The van der Waals surface area contributed by atoms with Gasteiger partial charge in [-0.15, -0.1) is 10.2 Å². The number of nitrogens with one attached hydrogen (secondary N) is 1. The van der Waals surface area contributed by atoms with Gasteiger partial charge in [-0.05, 0) is 49.6 Å². The summed E-state index contributed by atoms with van der Waals surface area (Å²) in [4.78, 5) is 12.2. The van der Waals surface area contributed by atoms with E-state index in [1.54, 1.807) is 18.9 Å². The molecule has 0 saturated carbocycles. The van der Waals surface area contributed by atoms with Gasteiger partial charge in [0.25, 0.3) is 0 Å². The number of ether oxygens (including phenoxy) is 1. The Labute approximate surface area is 210 Å². The number of amides is 1. The zero-order valence-electron chi connectivity index (χ0n) is 20.1. The molecule has 7 heteroatoms. The number of aryl methyl sites for hydroxylation is 1. The minimum Gasteiger partial charge on any atom is -0.497 e. The summed E-state index contributed by atoms with van der Waals surface area (Å²) in [5.74, 6) is 2.38. The molecule has 0 atom stereocenters. The van der Waals surface area contributed by atoms with Crippen molar-refractivity contribution in [2.24, 2.45) is 0 Å². The molecule has 0 bridgehead atoms. The maximum Gasteiger partial charge on any atom is 0.220 e. The van der Waals surface area contributed by atoms with Crippen LogP contribution in [0.25, 0.3) is 17.1 Å². The summed E-state index contributed by atoms with van der Waals surface area (Å²) in [7, 11) is 1.66. The van der Waals surface area contributed by atoms with E-state index < -0.39 is 0 Å². The van der Waals surface area contributed by atoms with Gasteiger partial charge in [-0.3, -0.25) is 9.36 Å². The van der Waals surface area contributed by atoms with Crippen molar-refractivity contribution < 1.29 is 9.53 Å². The van der Waals surface area contributed by atoms with Gasteiger partial charge >= 0.3 is 0 Å². The number of rotatable bonds is 11. The molecule has 1 heterocycles. The molecule has 6 nitrogen and oxygen atoms in total. The average molecular weight is 487 g/mol. The summed E-state index contributed by atoms with van der Waals surface area (Å²) in [6, 6.07) is 26.3. The van der Waals surface area contributed by atoms with E-state index in [-0.39, 0.29) is 5.91 Å². The lowest BCUT2D eigenvalue weighted by Gasteiger charge is -2.11. The first-order chi connectivity index (χ1) is 17.1. The molecule has 0 aliphatic rings. The van der Waals surface area contributed by atoms with Crippen LogP contribution in [0.3, 0.4) is 0 Å². The number of hydrogen-bond donors (Lipinski definition) is 1. The lowest BCUT2D eigenvalue weighted by Crippen LogP contribution is -2.25. The van der Waals surface area contributed by atoms with Crippen molar-refractivity contribution in [3.63, 3.8) is 0 Å². The smallest absolute Gasteiger partial charge is 0.220 e. The van der Waals surface area contributed by atoms with Gasteiger partial charge in [-0.25, -0.2) is 0 Å². The Kier molecular flexibility index (Phi) is 8.57. The van der Waals surface area contributed by atoms with E-state index in [1.165, 1.54) is 11.1 Å². The maximum atomic E-state index is 12.2. The van der Waals surface area contributed by atoms with Gasteiger partial charge in [-0.1, -0.05) is 71.9 Å². The van der Waals surface area contributed by atoms with Crippen LogP contribution in [-0.2, 0) is 11.2 Å². The fraction of sp³-hybridized carbons (Fsp3) is 0.250. The van der Waals surface area contributed by atoms with Crippen molar-refractivity contribution in [1.29, 1.82) is 0 Å². The Bertz CT molecular complexity index is 1240. The Balaban J connectivity index is 1.38. The van der Waals surface area contributed by atoms with Crippen LogP contribution in [0.4, 0.5) is 0 Å². The van der Waals surface area contributed by atoms with Crippen molar-refractivity contribution in [1.82, 2.24) is 20.1 Å². The SMILES string of the molecule is COc1cccc(-c2nnc(SCCCC(=O)NCCc3ccccc3)n2-c2ccc(C)cc2)c1. The van der Waals surface area contributed by atoms with Crippen LogP contribution in [0.2, 0.25) is 0 Å². The number of benzene rings is 3. The Morgan fingerprint density at radius 1 is 1.00 bits per heavy atom. The fourth-order valence-corrected chi connectivity index (χ4v) is 4.61. The second-order valence-corrected chi connectivity index (χ2v) is 9.31. The van der Waals surface area contributed by atoms with Crippen molar-refractivity contribution in [3.05, 3.63) is 90.0 Å². The fourth-order valence-electron chi connectivity index (χ4n) is 3.71. The number of thioether (sulfide) groups is 1. The molecule has 0 radical (unpaired) electrons. The second-order valence-electron chi connectivity index (χ2n) is 8.25. The highest BCUT2D eigenvalue weighted by Gasteiger charge is 2.17. The number of carbonyl (C=O) groups excluding carboxylic acids is 1. The van der Waals surface area contributed by atoms with Gasteiger partial charge in [0.05, 0.1) is 7.11 Å². The molecule has 0 saturated heterocycles. The van der Waals surface area contributed by atoms with E-state index in [4.69, 9.17) is 4.74 Å². The largest absolute Gasteiger partial charge is 0.497 e. The Hall–Kier alpha value is -3.58. The predicted molar refractivity (Wildman–Crippen MR) is 141 cm³/mol. The van der Waals surface area contributed by atoms with E-state index >= 15 is 0 Å². The van der Waals surface area contributed by atoms with Crippen LogP contribution in [0.5, 0.6) is 5.75 Å². The van der Waals surface area contributed by atoms with Gasteiger partial charge in [0.15, 0.2) is 11.0 Å². The van der Waals surface area contributed by atoms with E-state index in [0.29, 0.717) is 13.0 Å². The molecular weight excluding hydrogens is 456 g/mol. The summed E-state index contributed by atoms with van der Waals surface area (Å²) in [6.45, 7) is 2.72. The molecule has 1 aromatic heterocycles. The Morgan fingerprint density at radius 3 is 2.57 bits per heavy atom. The third-order valence-electron chi connectivity index (χ3n) is 5.61. The molecule has 0 aliphatic heterocycles. The summed E-state index contributed by atoms with van der Waals surface area (Å²) in [5.41, 5.74) is 4.35. The van der Waals surface area contributed by atoms with Gasteiger partial charge in [-0.2, -0.15) is 0 Å². The normalized spacial score (nSPS) is 10.8. The molecule has 1 amide bonds. The monoisotopic (exact) mass is 486 g/mol. The lowest BCUT2D eigenvalue weighted by atomic mass is 10.1. The number of carbonyl (C=O) groups is 1. The van der Waals surface area contributed by atoms with E-state index in [2.05, 4.69) is 63.4 Å². The van der Waals surface area contributed by atoms with Gasteiger partial charge in [0.2, 0.25) is 5.91 Å². The first kappa shape index (κ1) is 24.5. The van der Waals surface area contributed by atoms with Crippen molar-refractivity contribution >= 4 is 17.7 Å². The standard InChI is InChI=1S/C28H30N4O2S/c1-21-13-15-24(16-14-21)32-27(23-10-6-11-25(20-23)34-2)30-31-28(32)35-19-7-12-26(33)29-18-17-22-8-4-3-5-9-22/h3-6,8-11,13-16,20H,7,12,17-19H2,1-2H3,(H,29,33). The third kappa shape index (κ3) is 6.73. The molecule has 0 aliphatic carbocycles. The van der Waals surface area contributed by atoms with Crippen LogP contribution in [0.15, 0.2) is 84.0 Å². The minimum absolute atomic E-state index is 0.0820. The topological polar surface area (TPSA) is 69.0 Å². The highest BCUT2D eigenvalue weighted by molar-refractivity contribution is 7.99. The summed E-state index contributed by atoms with van der Waals surface area (Å²) >= 11 is 1.61. The average Bonchev–Trinajstić information content (AvgIpc) is 3.31. The molecule has 3 aromatic carbocycles. The number of aromatic nitrogens is 3. The molecular formula is C28H30N4O2S. The summed E-state index contributed by atoms with van der Waals surface area (Å²) in [6.07, 6.45) is 2.09. The van der Waals surface area contributed by atoms with Crippen LogP contribution in [0.1, 0.15) is 24.0 Å². The molecule has 0 fully saturated rings. The van der Waals surface area contributed by atoms with Crippen LogP contribution in [-0.4, -0.2) is 40.1 Å². The highest BCUT2D eigenvalue weighted by atomic mass is 32.2. The van der Waals surface area contributed by atoms with Gasteiger partial charge in [0, 0.05) is 30.0 Å². The van der Waals surface area contributed by atoms with Crippen LogP contribution < -0.4 is 10.1 Å². The zero-order valence-corrected chi connectivity index (χ0v) is 20.9. The number of hydrogen-bond acceptors (Lipinski definition) is 5. The highest BCUT2D eigenvalue weighted by Crippen LogP contribution is 2.30. The van der Waals surface area contributed by atoms with Crippen molar-refractivity contribution in [2.45, 2.75) is 31.3 Å². The first-order valence-corrected chi connectivity index (χ1v) is 12.7. The van der Waals surface area contributed by atoms with E-state index in [0.717, 1.165) is 46.6 Å². The molecule has 35 heavy (non-hydrogen) atoms. The minimum atomic E-state index is 0.0820. The number of methoxy groups -OCH3 is 1. The lowest BCUT2D eigenvalue weighted by molar-refractivity contribution is -0.121. The maximum absolute atomic E-state index is 12.2. The van der Waals surface area contributed by atoms with E-state index in [1.807, 2.05) is 42.5 Å². The first-order valence-electron chi connectivity index (χ1n) is 11.7. The van der Waals surface area contributed by atoms with Crippen molar-refractivity contribution in [3.8, 4) is 22.8 Å². The zero-order chi connectivity index (χ0) is 24.5. The molecule has 4 aromatic rings. The molecule has 0 unspecified atom stereocenters. The third-order valence-corrected chi connectivity index (χ3v) is 6.63. The van der Waals surface area contributed by atoms with Gasteiger partial charge < -0.3 is 10.1 Å². The Morgan fingerprint density at radius 2 is 1.80 bits per heavy atom. The van der Waals surface area contributed by atoms with Crippen molar-refractivity contribution in [2.75, 3.05) is 19.4 Å². The van der Waals surface area contributed by atoms with Gasteiger partial charge in [0.1, 0.15) is 5.75 Å². The molecule has 1 N–H and O–H groups in total. The van der Waals surface area contributed by atoms with Crippen LogP contribution in [0, 0.1) is 6.92 Å². The molecule has 0 spiro atoms. The van der Waals surface area contributed by atoms with Crippen LogP contribution >= 0.6 is 11.8 Å². The quantitative estimate of drug-likeness (QED) is 0.224. The summed E-state index contributed by atoms with van der Waals surface area (Å²) in [5, 5.41) is 12.8. The predicted octanol–water partition coefficient (Wildman–Crippen LogP) is 5.48. The number of nitrogens with zero attached hydrogens (tertiary/aromatic N) is 3. The summed E-state index contributed by atoms with van der Waals surface area (Å²) < 4.78 is 7.47. The molecule has 180 valence electrons.